The first-order valence-corrected chi connectivity index (χ1v) is 11.3. The summed E-state index contributed by atoms with van der Waals surface area (Å²) in [5, 5.41) is 0. The van der Waals surface area contributed by atoms with Crippen molar-refractivity contribution in [3.05, 3.63) is 166 Å². The molecule has 0 fully saturated rings. The number of benzene rings is 1. The summed E-state index contributed by atoms with van der Waals surface area (Å²) in [6.07, 6.45) is 22.0. The number of hydrogen-bond acceptors (Lipinski definition) is 3. The maximum absolute atomic E-state index is 4.22. The van der Waals surface area contributed by atoms with E-state index in [-0.39, 0.29) is 20.1 Å². The molecule has 193 valence electrons. The molecule has 0 N–H and O–H groups in total. The van der Waals surface area contributed by atoms with Gasteiger partial charge < -0.3 is 4.98 Å². The molecule has 0 spiro atoms. The van der Waals surface area contributed by atoms with Crippen LogP contribution < -0.4 is 0 Å². The molecule has 0 unspecified atom stereocenters. The fourth-order valence-electron chi connectivity index (χ4n) is 2.30. The van der Waals surface area contributed by atoms with Gasteiger partial charge in [-0.1, -0.05) is 55.7 Å². The quantitative estimate of drug-likeness (QED) is 0.144. The van der Waals surface area contributed by atoms with Crippen LogP contribution in [0.3, 0.4) is 0 Å². The van der Waals surface area contributed by atoms with Gasteiger partial charge in [-0.15, -0.1) is 35.9 Å². The van der Waals surface area contributed by atoms with E-state index >= 15 is 0 Å². The molecule has 0 atom stereocenters. The normalized spacial score (nSPS) is 9.95. The Morgan fingerprint density at radius 2 is 1.59 bits per heavy atom. The molecule has 0 aliphatic rings. The molecule has 2 heterocycles. The Kier molecular flexibility index (Phi) is 25.3. The van der Waals surface area contributed by atoms with Crippen LogP contribution >= 0.6 is 0 Å². The van der Waals surface area contributed by atoms with Crippen LogP contribution in [0.1, 0.15) is 19.5 Å². The third-order valence-electron chi connectivity index (χ3n) is 3.84. The molecular weight excluding hydrogens is 631 g/mol. The maximum Gasteiger partial charge on any atom is 0.0701 e. The summed E-state index contributed by atoms with van der Waals surface area (Å²) in [6.45, 7) is 18.0. The van der Waals surface area contributed by atoms with Crippen molar-refractivity contribution in [2.45, 2.75) is 13.8 Å². The van der Waals surface area contributed by atoms with Gasteiger partial charge in [0, 0.05) is 44.9 Å². The number of rotatable bonds is 7. The standard InChI is InChI=1S/C11H8N.C11H11N.C6H7.C5H9N.Ir/c1-2-6-10(7-3-1)11-8-4-5-9-12-11;1-3-7-10(4-2)11-8-5-6-9-12-11;2*1-3-5-6-4-2;/h1-6,8-9H;3-9H,1-2H2;3-5H,1-2H2;3-5H,1-2H3;/q-1;;-1;;/b;10-7+;;5-3-,6-4?;. The van der Waals surface area contributed by atoms with Crippen molar-refractivity contribution in [1.82, 2.24) is 9.97 Å². The van der Waals surface area contributed by atoms with Crippen molar-refractivity contribution in [1.29, 1.82) is 0 Å². The Morgan fingerprint density at radius 3 is 2.00 bits per heavy atom. The maximum atomic E-state index is 4.22. The Bertz CT molecular complexity index is 1040. The number of pyridine rings is 2. The second-order valence-corrected chi connectivity index (χ2v) is 6.43. The molecular formula is C33H35IrN3-2. The van der Waals surface area contributed by atoms with E-state index in [1.54, 1.807) is 55.2 Å². The molecule has 1 radical (unpaired) electrons. The molecule has 0 amide bonds. The summed E-state index contributed by atoms with van der Waals surface area (Å²) >= 11 is 0. The third kappa shape index (κ3) is 19.0. The van der Waals surface area contributed by atoms with Gasteiger partial charge in [0.2, 0.25) is 0 Å². The van der Waals surface area contributed by atoms with Crippen LogP contribution in [0.15, 0.2) is 153 Å². The first-order valence-electron chi connectivity index (χ1n) is 11.3. The zero-order valence-electron chi connectivity index (χ0n) is 21.6. The SMILES string of the molecule is C=C/C=C(\C=C)c1ccccn1.C=C[C-]=CC=C.CC=N/C=C\C.[Ir].[c-]1ccccc1-c1ccccn1. The largest absolute Gasteiger partial charge is 0.305 e. The minimum absolute atomic E-state index is 0. The van der Waals surface area contributed by atoms with Crippen molar-refractivity contribution in [3.63, 3.8) is 0 Å². The number of aliphatic imine (C=N–C) groups is 1. The van der Waals surface area contributed by atoms with E-state index in [4.69, 9.17) is 0 Å². The van der Waals surface area contributed by atoms with Crippen LogP contribution in [0, 0.1) is 12.1 Å². The average molecular weight is 666 g/mol. The summed E-state index contributed by atoms with van der Waals surface area (Å²) in [5.74, 6) is 0. The summed E-state index contributed by atoms with van der Waals surface area (Å²) in [7, 11) is 0. The van der Waals surface area contributed by atoms with E-state index < -0.39 is 0 Å². The second-order valence-electron chi connectivity index (χ2n) is 6.43. The summed E-state index contributed by atoms with van der Waals surface area (Å²) < 4.78 is 0. The van der Waals surface area contributed by atoms with E-state index in [1.807, 2.05) is 86.7 Å². The van der Waals surface area contributed by atoms with Gasteiger partial charge in [0.15, 0.2) is 0 Å². The molecule has 4 heteroatoms. The van der Waals surface area contributed by atoms with Crippen molar-refractivity contribution in [2.75, 3.05) is 0 Å². The molecule has 3 rings (SSSR count). The predicted octanol–water partition coefficient (Wildman–Crippen LogP) is 8.71. The van der Waals surface area contributed by atoms with Gasteiger partial charge in [0.05, 0.1) is 5.69 Å². The molecule has 0 bridgehead atoms. The number of hydrogen-bond donors (Lipinski definition) is 0. The Hall–Kier alpha value is -3.98. The van der Waals surface area contributed by atoms with Gasteiger partial charge >= 0.3 is 0 Å². The minimum Gasteiger partial charge on any atom is -0.305 e. The molecule has 0 aliphatic heterocycles. The monoisotopic (exact) mass is 666 g/mol. The van der Waals surface area contributed by atoms with Gasteiger partial charge in [-0.3, -0.25) is 9.98 Å². The number of aromatic nitrogens is 2. The molecule has 37 heavy (non-hydrogen) atoms. The number of allylic oxidation sites excluding steroid dienone is 9. The first kappa shape index (κ1) is 35.2. The topological polar surface area (TPSA) is 38.1 Å². The molecule has 2 aromatic heterocycles. The van der Waals surface area contributed by atoms with Crippen LogP contribution in [0.25, 0.3) is 16.8 Å². The average Bonchev–Trinajstić information content (AvgIpc) is 2.96. The molecule has 3 aromatic rings. The Morgan fingerprint density at radius 1 is 0.892 bits per heavy atom. The Labute approximate surface area is 237 Å². The zero-order valence-corrected chi connectivity index (χ0v) is 24.0. The van der Waals surface area contributed by atoms with Crippen molar-refractivity contribution < 1.29 is 20.1 Å². The van der Waals surface area contributed by atoms with Crippen LogP contribution in [-0.2, 0) is 20.1 Å². The molecule has 0 aliphatic carbocycles. The molecule has 0 saturated heterocycles. The second kappa shape index (κ2) is 26.6. The number of nitrogens with zero attached hydrogens (tertiary/aromatic N) is 3. The fourth-order valence-corrected chi connectivity index (χ4v) is 2.30. The zero-order chi connectivity index (χ0) is 26.7. The van der Waals surface area contributed by atoms with Gasteiger partial charge in [-0.25, -0.2) is 0 Å². The van der Waals surface area contributed by atoms with E-state index in [0.29, 0.717) is 0 Å². The van der Waals surface area contributed by atoms with Gasteiger partial charge in [0.1, 0.15) is 0 Å². The van der Waals surface area contributed by atoms with Gasteiger partial charge in [-0.2, -0.15) is 37.5 Å². The predicted molar refractivity (Wildman–Crippen MR) is 158 cm³/mol. The van der Waals surface area contributed by atoms with E-state index in [0.717, 1.165) is 22.5 Å². The van der Waals surface area contributed by atoms with Crippen LogP contribution in [0.4, 0.5) is 0 Å². The summed E-state index contributed by atoms with van der Waals surface area (Å²) in [4.78, 5) is 12.2. The van der Waals surface area contributed by atoms with Crippen LogP contribution in [-0.4, -0.2) is 16.2 Å². The van der Waals surface area contributed by atoms with Gasteiger partial charge in [0.25, 0.3) is 0 Å². The fraction of sp³-hybridized carbons (Fsp3) is 0.0606. The van der Waals surface area contributed by atoms with Crippen molar-refractivity contribution >= 4 is 11.8 Å². The van der Waals surface area contributed by atoms with Crippen LogP contribution in [0.2, 0.25) is 0 Å². The smallest absolute Gasteiger partial charge is 0.0701 e. The van der Waals surface area contributed by atoms with Crippen molar-refractivity contribution in [2.24, 2.45) is 4.99 Å². The third-order valence-corrected chi connectivity index (χ3v) is 3.84. The first-order chi connectivity index (χ1) is 17.7. The summed E-state index contributed by atoms with van der Waals surface area (Å²) in [6, 6.07) is 22.6. The minimum atomic E-state index is 0. The van der Waals surface area contributed by atoms with E-state index in [2.05, 4.69) is 53.4 Å². The molecule has 0 saturated carbocycles. The van der Waals surface area contributed by atoms with Gasteiger partial charge in [-0.05, 0) is 43.3 Å². The van der Waals surface area contributed by atoms with Crippen LogP contribution in [0.5, 0.6) is 0 Å². The van der Waals surface area contributed by atoms with E-state index in [1.165, 1.54) is 0 Å². The molecule has 1 aromatic carbocycles. The van der Waals surface area contributed by atoms with Crippen molar-refractivity contribution in [3.8, 4) is 11.3 Å². The molecule has 3 nitrogen and oxygen atoms in total. The summed E-state index contributed by atoms with van der Waals surface area (Å²) in [5.41, 5.74) is 3.93. The van der Waals surface area contributed by atoms with E-state index in [9.17, 15) is 0 Å². The Balaban J connectivity index is 0.